The molecule has 2 N–H and O–H groups in total. The van der Waals surface area contributed by atoms with E-state index in [1.54, 1.807) is 19.1 Å². The maximum atomic E-state index is 13.4. The number of Topliss-reactive ketones (excluding diaryl/α,β-unsaturated/α-hetero) is 1. The molecule has 3 aliphatic carbocycles. The van der Waals surface area contributed by atoms with Gasteiger partial charge in [0.25, 0.3) is 0 Å². The number of allylic oxidation sites excluding steroid dienone is 6. The summed E-state index contributed by atoms with van der Waals surface area (Å²) in [6.07, 6.45) is 3.24. The number of rotatable bonds is 5. The Balaban J connectivity index is 1.62. The maximum Gasteiger partial charge on any atom is 0.305 e. The number of fused-ring (bicyclic) bond motifs is 3. The van der Waals surface area contributed by atoms with E-state index in [0.717, 1.165) is 10.5 Å². The summed E-state index contributed by atoms with van der Waals surface area (Å²) < 4.78 is 5.15. The first-order valence-corrected chi connectivity index (χ1v) is 11.8. The largest absolute Gasteiger partial charge is 0.504 e. The van der Waals surface area contributed by atoms with Gasteiger partial charge in [0.1, 0.15) is 0 Å². The number of likely N-dealkylation sites (tertiary alicyclic amines) is 1. The Labute approximate surface area is 206 Å². The van der Waals surface area contributed by atoms with Crippen LogP contribution in [0, 0.1) is 17.8 Å². The maximum absolute atomic E-state index is 13.4. The zero-order valence-electron chi connectivity index (χ0n) is 19.8. The Bertz CT molecular complexity index is 1330. The molecule has 1 aromatic carbocycles. The van der Waals surface area contributed by atoms with Crippen molar-refractivity contribution in [2.45, 2.75) is 32.1 Å². The number of methoxy groups -OCH3 is 1. The van der Waals surface area contributed by atoms with Gasteiger partial charge in [0.2, 0.25) is 11.8 Å². The molecule has 0 spiro atoms. The second kappa shape index (κ2) is 8.58. The van der Waals surface area contributed by atoms with Crippen LogP contribution in [0.1, 0.15) is 37.7 Å². The van der Waals surface area contributed by atoms with Crippen LogP contribution in [0.2, 0.25) is 0 Å². The van der Waals surface area contributed by atoms with Gasteiger partial charge in [-0.25, -0.2) is 0 Å². The van der Waals surface area contributed by atoms with Crippen molar-refractivity contribution in [2.75, 3.05) is 13.7 Å². The molecule has 0 aromatic heterocycles. The average molecular weight is 491 g/mol. The number of hydrogen-bond donors (Lipinski definition) is 2. The van der Waals surface area contributed by atoms with Crippen LogP contribution in [-0.4, -0.2) is 58.1 Å². The second-order valence-electron chi connectivity index (χ2n) is 9.63. The summed E-state index contributed by atoms with van der Waals surface area (Å²) in [6, 6.07) is 4.79. The van der Waals surface area contributed by atoms with Crippen LogP contribution in [0.3, 0.4) is 0 Å². The van der Waals surface area contributed by atoms with Crippen LogP contribution in [0.15, 0.2) is 52.6 Å². The molecule has 9 nitrogen and oxygen atoms in total. The number of hydrogen-bond acceptors (Lipinski definition) is 7. The third-order valence-electron chi connectivity index (χ3n) is 7.74. The lowest BCUT2D eigenvalue weighted by Crippen LogP contribution is -2.40. The Hall–Kier alpha value is -4.01. The predicted molar refractivity (Wildman–Crippen MR) is 125 cm³/mol. The van der Waals surface area contributed by atoms with Gasteiger partial charge < -0.3 is 14.9 Å². The van der Waals surface area contributed by atoms with E-state index < -0.39 is 41.5 Å². The van der Waals surface area contributed by atoms with Crippen LogP contribution in [0.5, 0.6) is 11.5 Å². The first-order chi connectivity index (χ1) is 17.1. The molecular weight excluding hydrogens is 466 g/mol. The molecular formula is C27H25NO8. The van der Waals surface area contributed by atoms with E-state index in [1.807, 2.05) is 6.08 Å². The smallest absolute Gasteiger partial charge is 0.305 e. The van der Waals surface area contributed by atoms with Gasteiger partial charge in [0, 0.05) is 29.2 Å². The van der Waals surface area contributed by atoms with Gasteiger partial charge in [0.05, 0.1) is 25.4 Å². The lowest BCUT2D eigenvalue weighted by Gasteiger charge is -2.42. The van der Waals surface area contributed by atoms with E-state index in [4.69, 9.17) is 9.84 Å². The highest BCUT2D eigenvalue weighted by Gasteiger charge is 2.56. The van der Waals surface area contributed by atoms with Gasteiger partial charge >= 0.3 is 5.97 Å². The molecule has 5 rings (SSSR count). The number of ketones is 2. The topological polar surface area (TPSA) is 138 Å². The summed E-state index contributed by atoms with van der Waals surface area (Å²) in [5.74, 6) is -4.95. The summed E-state index contributed by atoms with van der Waals surface area (Å²) in [6.45, 7) is 1.38. The van der Waals surface area contributed by atoms with Gasteiger partial charge in [-0.05, 0) is 49.5 Å². The summed E-state index contributed by atoms with van der Waals surface area (Å²) >= 11 is 0. The number of imide groups is 1. The van der Waals surface area contributed by atoms with Gasteiger partial charge in [-0.3, -0.25) is 28.9 Å². The number of carboxylic acid groups (broad SMARTS) is 1. The van der Waals surface area contributed by atoms with Crippen LogP contribution in [0.25, 0.3) is 0 Å². The lowest BCUT2D eigenvalue weighted by atomic mass is 9.59. The van der Waals surface area contributed by atoms with Crippen molar-refractivity contribution in [2.24, 2.45) is 17.8 Å². The zero-order valence-corrected chi connectivity index (χ0v) is 19.8. The quantitative estimate of drug-likeness (QED) is 0.364. The Morgan fingerprint density at radius 3 is 2.56 bits per heavy atom. The molecule has 4 aliphatic rings. The molecule has 4 atom stereocenters. The van der Waals surface area contributed by atoms with E-state index in [-0.39, 0.29) is 48.9 Å². The van der Waals surface area contributed by atoms with Gasteiger partial charge in [0.15, 0.2) is 23.1 Å². The summed E-state index contributed by atoms with van der Waals surface area (Å²) in [7, 11) is 1.42. The first-order valence-electron chi connectivity index (χ1n) is 11.8. The third-order valence-corrected chi connectivity index (χ3v) is 7.74. The number of benzene rings is 1. The highest BCUT2D eigenvalue weighted by molar-refractivity contribution is 6.23. The molecule has 1 aliphatic heterocycles. The molecule has 0 radical (unpaired) electrons. The molecule has 186 valence electrons. The normalized spacial score (nSPS) is 27.3. The number of carbonyl (C=O) groups excluding carboxylic acids is 4. The van der Waals surface area contributed by atoms with Crippen molar-refractivity contribution in [1.29, 1.82) is 0 Å². The van der Waals surface area contributed by atoms with E-state index >= 15 is 0 Å². The lowest BCUT2D eigenvalue weighted by molar-refractivity contribution is -0.142. The summed E-state index contributed by atoms with van der Waals surface area (Å²) in [5.41, 5.74) is 2.31. The average Bonchev–Trinajstić information content (AvgIpc) is 3.09. The molecule has 1 aromatic rings. The SMILES string of the molecule is COc1ccc([C@H]2C3=CC[C@@H]4C(=O)N(CCC(=O)O)C(=O)[C@@H]4[C@@H]3CC3=C2C(=O)C(C)=CC3=O)cc1O. The number of carboxylic acids is 1. The number of carbonyl (C=O) groups is 5. The van der Waals surface area contributed by atoms with Crippen molar-refractivity contribution in [3.05, 3.63) is 58.2 Å². The molecule has 1 fully saturated rings. The molecule has 1 saturated heterocycles. The van der Waals surface area contributed by atoms with Crippen LogP contribution in [-0.2, 0) is 24.0 Å². The number of amides is 2. The molecule has 9 heteroatoms. The van der Waals surface area contributed by atoms with Crippen molar-refractivity contribution in [3.63, 3.8) is 0 Å². The van der Waals surface area contributed by atoms with Crippen LogP contribution < -0.4 is 4.74 Å². The Morgan fingerprint density at radius 1 is 1.14 bits per heavy atom. The Kier molecular flexibility index (Phi) is 5.65. The van der Waals surface area contributed by atoms with Crippen molar-refractivity contribution in [3.8, 4) is 11.5 Å². The minimum absolute atomic E-state index is 0.123. The van der Waals surface area contributed by atoms with Crippen molar-refractivity contribution < 1.29 is 38.9 Å². The monoisotopic (exact) mass is 491 g/mol. The number of aliphatic carboxylic acids is 1. The van der Waals surface area contributed by atoms with Crippen LogP contribution in [0.4, 0.5) is 0 Å². The third kappa shape index (κ3) is 3.49. The predicted octanol–water partition coefficient (Wildman–Crippen LogP) is 2.31. The van der Waals surface area contributed by atoms with Gasteiger partial charge in [-0.2, -0.15) is 0 Å². The minimum Gasteiger partial charge on any atom is -0.504 e. The molecule has 0 bridgehead atoms. The fourth-order valence-corrected chi connectivity index (χ4v) is 6.12. The zero-order chi connectivity index (χ0) is 25.9. The van der Waals surface area contributed by atoms with Crippen molar-refractivity contribution in [1.82, 2.24) is 4.90 Å². The highest BCUT2D eigenvalue weighted by atomic mass is 16.5. The molecule has 0 unspecified atom stereocenters. The standard InChI is InChI=1S/C27H25NO8/c1-12-9-18(29)17-11-16-14(4-5-15-23(16)27(35)28(26(15)34)8-7-21(31)32)22(24(17)25(12)33)13-3-6-20(36-2)19(30)10-13/h3-4,6,9-10,15-16,22-23,30H,5,7-8,11H2,1-2H3,(H,31,32)/t15-,16+,22-,23-/m0/s1. The summed E-state index contributed by atoms with van der Waals surface area (Å²) in [5, 5.41) is 19.5. The molecule has 0 saturated carbocycles. The fourth-order valence-electron chi connectivity index (χ4n) is 6.12. The van der Waals surface area contributed by atoms with E-state index in [9.17, 15) is 29.1 Å². The van der Waals surface area contributed by atoms with Gasteiger partial charge in [-0.1, -0.05) is 17.7 Å². The number of ether oxygens (including phenoxy) is 1. The number of nitrogens with zero attached hydrogens (tertiary/aromatic N) is 1. The van der Waals surface area contributed by atoms with Gasteiger partial charge in [-0.15, -0.1) is 0 Å². The highest BCUT2D eigenvalue weighted by Crippen LogP contribution is 2.55. The fraction of sp³-hybridized carbons (Fsp3) is 0.370. The van der Waals surface area contributed by atoms with E-state index in [2.05, 4.69) is 0 Å². The van der Waals surface area contributed by atoms with Crippen LogP contribution >= 0.6 is 0 Å². The number of phenols is 1. The number of phenolic OH excluding ortho intramolecular Hbond substituents is 1. The molecule has 2 amide bonds. The molecule has 36 heavy (non-hydrogen) atoms. The summed E-state index contributed by atoms with van der Waals surface area (Å²) in [4.78, 5) is 65.0. The second-order valence-corrected chi connectivity index (χ2v) is 9.63. The van der Waals surface area contributed by atoms with E-state index in [0.29, 0.717) is 22.3 Å². The first kappa shape index (κ1) is 23.7. The number of aromatic hydroxyl groups is 1. The van der Waals surface area contributed by atoms with E-state index in [1.165, 1.54) is 19.3 Å². The molecule has 1 heterocycles. The Morgan fingerprint density at radius 2 is 1.89 bits per heavy atom. The van der Waals surface area contributed by atoms with Crippen molar-refractivity contribution >= 4 is 29.4 Å². The minimum atomic E-state index is -1.11.